The molecular weight excluding hydrogens is 338 g/mol. The average molecular weight is 357 g/mol. The molecule has 1 aliphatic heterocycles. The van der Waals surface area contributed by atoms with Gasteiger partial charge in [0.2, 0.25) is 0 Å². The quantitative estimate of drug-likeness (QED) is 0.727. The molecule has 0 spiro atoms. The number of para-hydroxylation sites is 1. The van der Waals surface area contributed by atoms with Gasteiger partial charge in [-0.25, -0.2) is 0 Å². The minimum Gasteiger partial charge on any atom is -0.374 e. The Morgan fingerprint density at radius 3 is 2.11 bits per heavy atom. The number of aliphatic hydroxyl groups is 1. The summed E-state index contributed by atoms with van der Waals surface area (Å²) >= 11 is 0. The van der Waals surface area contributed by atoms with E-state index in [1.165, 1.54) is 4.90 Å². The molecule has 0 fully saturated rings. The number of hydrogen-bond acceptors (Lipinski definition) is 3. The van der Waals surface area contributed by atoms with Crippen molar-refractivity contribution in [3.8, 4) is 0 Å². The van der Waals surface area contributed by atoms with Crippen molar-refractivity contribution in [2.45, 2.75) is 11.5 Å². The summed E-state index contributed by atoms with van der Waals surface area (Å²) in [6.45, 7) is 0. The van der Waals surface area contributed by atoms with Gasteiger partial charge in [-0.3, -0.25) is 9.59 Å². The van der Waals surface area contributed by atoms with Gasteiger partial charge >= 0.3 is 0 Å². The minimum absolute atomic E-state index is 0.289. The molecule has 0 saturated heterocycles. The molecule has 0 unspecified atom stereocenters. The smallest absolute Gasteiger partial charge is 0.264 e. The standard InChI is InChI=1S/C23H19NO3/c1-24-19-15-9-8-14-18(19)23(27,22(24)26)20(16-10-4-2-5-11-16)21(25)17-12-6-3-7-13-17/h2-15,20,27H,1H3/t20-,23-/m0/s1. The van der Waals surface area contributed by atoms with E-state index in [9.17, 15) is 14.7 Å². The molecule has 0 saturated carbocycles. The molecule has 1 heterocycles. The second-order valence-corrected chi connectivity index (χ2v) is 6.72. The predicted octanol–water partition coefficient (Wildman–Crippen LogP) is 3.52. The van der Waals surface area contributed by atoms with Crippen molar-refractivity contribution in [3.63, 3.8) is 0 Å². The molecule has 0 aromatic heterocycles. The Hall–Kier alpha value is -3.24. The Morgan fingerprint density at radius 1 is 0.889 bits per heavy atom. The highest BCUT2D eigenvalue weighted by molar-refractivity contribution is 6.13. The van der Waals surface area contributed by atoms with Crippen LogP contribution in [0.25, 0.3) is 0 Å². The molecule has 0 radical (unpaired) electrons. The van der Waals surface area contributed by atoms with Gasteiger partial charge in [0.25, 0.3) is 5.91 Å². The van der Waals surface area contributed by atoms with E-state index in [1.54, 1.807) is 73.8 Å². The summed E-state index contributed by atoms with van der Waals surface area (Å²) in [7, 11) is 1.62. The van der Waals surface area contributed by atoms with Crippen LogP contribution in [0.3, 0.4) is 0 Å². The van der Waals surface area contributed by atoms with Gasteiger partial charge in [0, 0.05) is 18.2 Å². The molecule has 2 atom stereocenters. The number of fused-ring (bicyclic) bond motifs is 1. The van der Waals surface area contributed by atoms with Crippen molar-refractivity contribution >= 4 is 17.4 Å². The molecule has 0 bridgehead atoms. The van der Waals surface area contributed by atoms with Crippen LogP contribution < -0.4 is 4.90 Å². The van der Waals surface area contributed by atoms with Crippen molar-refractivity contribution in [2.75, 3.05) is 11.9 Å². The van der Waals surface area contributed by atoms with E-state index >= 15 is 0 Å². The molecule has 4 heteroatoms. The maximum absolute atomic E-state index is 13.5. The summed E-state index contributed by atoms with van der Waals surface area (Å²) in [5.74, 6) is -1.83. The van der Waals surface area contributed by atoms with Gasteiger partial charge < -0.3 is 10.0 Å². The molecule has 1 amide bonds. The van der Waals surface area contributed by atoms with E-state index in [1.807, 2.05) is 18.2 Å². The molecule has 27 heavy (non-hydrogen) atoms. The van der Waals surface area contributed by atoms with Crippen molar-refractivity contribution in [1.29, 1.82) is 0 Å². The number of carbonyl (C=O) groups excluding carboxylic acids is 2. The number of amides is 1. The number of ketones is 1. The SMILES string of the molecule is CN1C(=O)[C@@](O)([C@H](C(=O)c2ccccc2)c2ccccc2)c2ccccc21. The first-order valence-corrected chi connectivity index (χ1v) is 8.79. The number of hydrogen-bond donors (Lipinski definition) is 1. The molecule has 134 valence electrons. The van der Waals surface area contributed by atoms with E-state index in [4.69, 9.17) is 0 Å². The highest BCUT2D eigenvalue weighted by Crippen LogP contribution is 2.48. The zero-order chi connectivity index (χ0) is 19.0. The molecule has 3 aromatic rings. The van der Waals surface area contributed by atoms with Gasteiger partial charge in [0.15, 0.2) is 11.4 Å². The second kappa shape index (κ2) is 6.49. The highest BCUT2D eigenvalue weighted by Gasteiger charge is 2.56. The number of benzene rings is 3. The Bertz CT molecular complexity index is 1000. The Morgan fingerprint density at radius 2 is 1.44 bits per heavy atom. The van der Waals surface area contributed by atoms with Crippen LogP contribution in [0.4, 0.5) is 5.69 Å². The minimum atomic E-state index is -1.96. The summed E-state index contributed by atoms with van der Waals surface area (Å²) in [5.41, 5.74) is 0.175. The molecule has 4 nitrogen and oxygen atoms in total. The first-order chi connectivity index (χ1) is 13.0. The van der Waals surface area contributed by atoms with Gasteiger partial charge in [0.1, 0.15) is 0 Å². The third kappa shape index (κ3) is 2.57. The lowest BCUT2D eigenvalue weighted by Crippen LogP contribution is -2.46. The van der Waals surface area contributed by atoms with Crippen LogP contribution in [0.15, 0.2) is 84.9 Å². The Labute approximate surface area is 157 Å². The predicted molar refractivity (Wildman–Crippen MR) is 104 cm³/mol. The fourth-order valence-electron chi connectivity index (χ4n) is 3.84. The van der Waals surface area contributed by atoms with Gasteiger partial charge in [-0.1, -0.05) is 78.9 Å². The van der Waals surface area contributed by atoms with E-state index in [2.05, 4.69) is 0 Å². The van der Waals surface area contributed by atoms with Crippen molar-refractivity contribution in [2.24, 2.45) is 0 Å². The van der Waals surface area contributed by atoms with E-state index in [-0.39, 0.29) is 5.78 Å². The normalized spacial score (nSPS) is 19.6. The number of rotatable bonds is 4. The van der Waals surface area contributed by atoms with E-state index in [0.29, 0.717) is 22.4 Å². The topological polar surface area (TPSA) is 57.6 Å². The second-order valence-electron chi connectivity index (χ2n) is 6.72. The zero-order valence-corrected chi connectivity index (χ0v) is 14.9. The molecular formula is C23H19NO3. The van der Waals surface area contributed by atoms with Crippen LogP contribution in [0.2, 0.25) is 0 Å². The summed E-state index contributed by atoms with van der Waals surface area (Å²) in [6.07, 6.45) is 0. The number of anilines is 1. The van der Waals surface area contributed by atoms with E-state index in [0.717, 1.165) is 0 Å². The summed E-state index contributed by atoms with van der Waals surface area (Å²) in [6, 6.07) is 24.9. The largest absolute Gasteiger partial charge is 0.374 e. The van der Waals surface area contributed by atoms with E-state index < -0.39 is 17.4 Å². The van der Waals surface area contributed by atoms with Crippen LogP contribution in [0.5, 0.6) is 0 Å². The van der Waals surface area contributed by atoms with Gasteiger partial charge in [-0.05, 0) is 11.6 Å². The van der Waals surface area contributed by atoms with Crippen LogP contribution in [-0.2, 0) is 10.4 Å². The lowest BCUT2D eigenvalue weighted by Gasteiger charge is -2.31. The zero-order valence-electron chi connectivity index (χ0n) is 14.9. The summed E-state index contributed by atoms with van der Waals surface area (Å²) in [4.78, 5) is 28.0. The molecule has 3 aromatic carbocycles. The number of likely N-dealkylation sites (N-methyl/N-ethyl adjacent to an activating group) is 1. The number of nitrogens with zero attached hydrogens (tertiary/aromatic N) is 1. The number of carbonyl (C=O) groups is 2. The fourth-order valence-corrected chi connectivity index (χ4v) is 3.84. The fraction of sp³-hybridized carbons (Fsp3) is 0.130. The number of Topliss-reactive ketones (excluding diaryl/α,β-unsaturated/α-hetero) is 1. The van der Waals surface area contributed by atoms with Gasteiger partial charge in [-0.15, -0.1) is 0 Å². The van der Waals surface area contributed by atoms with Crippen LogP contribution in [-0.4, -0.2) is 23.8 Å². The lowest BCUT2D eigenvalue weighted by molar-refractivity contribution is -0.137. The van der Waals surface area contributed by atoms with Crippen LogP contribution in [0.1, 0.15) is 27.4 Å². The molecule has 4 rings (SSSR count). The average Bonchev–Trinajstić information content (AvgIpc) is 2.92. The first kappa shape index (κ1) is 17.2. The van der Waals surface area contributed by atoms with Crippen molar-refractivity contribution < 1.29 is 14.7 Å². The molecule has 0 aliphatic carbocycles. The van der Waals surface area contributed by atoms with Crippen LogP contribution in [0, 0.1) is 0 Å². The molecule has 1 aliphatic rings. The maximum Gasteiger partial charge on any atom is 0.264 e. The third-order valence-corrected chi connectivity index (χ3v) is 5.18. The van der Waals surface area contributed by atoms with Crippen LogP contribution >= 0.6 is 0 Å². The van der Waals surface area contributed by atoms with Gasteiger partial charge in [0.05, 0.1) is 11.6 Å². The maximum atomic E-state index is 13.5. The highest BCUT2D eigenvalue weighted by atomic mass is 16.3. The third-order valence-electron chi connectivity index (χ3n) is 5.18. The van der Waals surface area contributed by atoms with Crippen molar-refractivity contribution in [3.05, 3.63) is 102 Å². The Kier molecular flexibility index (Phi) is 4.13. The Balaban J connectivity index is 1.94. The monoisotopic (exact) mass is 357 g/mol. The summed E-state index contributed by atoms with van der Waals surface area (Å²) < 4.78 is 0. The van der Waals surface area contributed by atoms with Crippen molar-refractivity contribution in [1.82, 2.24) is 0 Å². The molecule has 1 N–H and O–H groups in total. The first-order valence-electron chi connectivity index (χ1n) is 8.79. The lowest BCUT2D eigenvalue weighted by atomic mass is 9.74. The van der Waals surface area contributed by atoms with Gasteiger partial charge in [-0.2, -0.15) is 0 Å². The summed E-state index contributed by atoms with van der Waals surface area (Å²) in [5, 5.41) is 11.7.